The molecule has 1 aromatic carbocycles. The molecular weight excluding hydrogens is 158 g/mol. The quantitative estimate of drug-likeness (QED) is 0.655. The third-order valence-corrected chi connectivity index (χ3v) is 2.14. The number of para-hydroxylation sites is 1. The fourth-order valence-electron chi connectivity index (χ4n) is 1.47. The topological polar surface area (TPSA) is 26.0 Å². The molecule has 1 rings (SSSR count). The molecular formula is C12H19N. The molecule has 1 nitrogen and oxygen atoms in total. The van der Waals surface area contributed by atoms with Crippen molar-refractivity contribution in [1.82, 2.24) is 0 Å². The van der Waals surface area contributed by atoms with Crippen LogP contribution in [0.3, 0.4) is 0 Å². The summed E-state index contributed by atoms with van der Waals surface area (Å²) in [6.45, 7) is 8.75. The lowest BCUT2D eigenvalue weighted by molar-refractivity contribution is 0.412. The van der Waals surface area contributed by atoms with Crippen molar-refractivity contribution < 1.29 is 0 Å². The lowest BCUT2D eigenvalue weighted by Crippen LogP contribution is -2.11. The van der Waals surface area contributed by atoms with Crippen LogP contribution in [0.5, 0.6) is 0 Å². The van der Waals surface area contributed by atoms with E-state index in [2.05, 4.69) is 45.9 Å². The summed E-state index contributed by atoms with van der Waals surface area (Å²) in [5.41, 5.74) is 9.71. The van der Waals surface area contributed by atoms with Crippen molar-refractivity contribution in [2.45, 2.75) is 34.1 Å². The molecule has 0 aromatic heterocycles. The Morgan fingerprint density at radius 1 is 1.23 bits per heavy atom. The van der Waals surface area contributed by atoms with Crippen LogP contribution in [0, 0.1) is 12.3 Å². The van der Waals surface area contributed by atoms with Crippen molar-refractivity contribution in [2.24, 2.45) is 5.41 Å². The molecule has 0 amide bonds. The van der Waals surface area contributed by atoms with Crippen LogP contribution < -0.4 is 5.73 Å². The first-order valence-corrected chi connectivity index (χ1v) is 4.74. The van der Waals surface area contributed by atoms with Crippen molar-refractivity contribution in [1.29, 1.82) is 0 Å². The summed E-state index contributed by atoms with van der Waals surface area (Å²) in [5, 5.41) is 0. The molecule has 0 saturated heterocycles. The predicted octanol–water partition coefficient (Wildman–Crippen LogP) is 3.17. The average molecular weight is 177 g/mol. The number of anilines is 1. The Balaban J connectivity index is 2.96. The van der Waals surface area contributed by atoms with Gasteiger partial charge in [0.2, 0.25) is 0 Å². The summed E-state index contributed by atoms with van der Waals surface area (Å²) in [7, 11) is 0. The van der Waals surface area contributed by atoms with Gasteiger partial charge in [0.05, 0.1) is 0 Å². The molecule has 13 heavy (non-hydrogen) atoms. The van der Waals surface area contributed by atoms with E-state index in [1.807, 2.05) is 0 Å². The Bertz CT molecular complexity index is 294. The van der Waals surface area contributed by atoms with E-state index in [4.69, 9.17) is 5.73 Å². The predicted molar refractivity (Wildman–Crippen MR) is 58.8 cm³/mol. The second-order valence-corrected chi connectivity index (χ2v) is 4.89. The van der Waals surface area contributed by atoms with Crippen molar-refractivity contribution >= 4 is 5.69 Å². The summed E-state index contributed by atoms with van der Waals surface area (Å²) in [6.07, 6.45) is 1.04. The molecule has 0 bridgehead atoms. The van der Waals surface area contributed by atoms with Crippen LogP contribution in [0.4, 0.5) is 5.69 Å². The first-order chi connectivity index (χ1) is 5.90. The van der Waals surface area contributed by atoms with Gasteiger partial charge in [-0.2, -0.15) is 0 Å². The van der Waals surface area contributed by atoms with Gasteiger partial charge in [0.1, 0.15) is 0 Å². The lowest BCUT2D eigenvalue weighted by Gasteiger charge is -2.19. The maximum atomic E-state index is 5.99. The van der Waals surface area contributed by atoms with E-state index >= 15 is 0 Å². The average Bonchev–Trinajstić information content (AvgIpc) is 1.96. The van der Waals surface area contributed by atoms with Gasteiger partial charge >= 0.3 is 0 Å². The fourth-order valence-corrected chi connectivity index (χ4v) is 1.47. The van der Waals surface area contributed by atoms with Crippen molar-refractivity contribution in [3.63, 3.8) is 0 Å². The fraction of sp³-hybridized carbons (Fsp3) is 0.500. The van der Waals surface area contributed by atoms with Gasteiger partial charge in [-0.25, -0.2) is 0 Å². The maximum absolute atomic E-state index is 5.99. The Morgan fingerprint density at radius 3 is 2.38 bits per heavy atom. The number of benzene rings is 1. The molecule has 1 heteroatoms. The molecule has 1 aromatic rings. The van der Waals surface area contributed by atoms with Crippen molar-refractivity contribution in [2.75, 3.05) is 5.73 Å². The molecule has 0 heterocycles. The Hall–Kier alpha value is -0.980. The lowest BCUT2D eigenvalue weighted by atomic mass is 9.87. The monoisotopic (exact) mass is 177 g/mol. The summed E-state index contributed by atoms with van der Waals surface area (Å²) < 4.78 is 0. The van der Waals surface area contributed by atoms with Gasteiger partial charge < -0.3 is 5.73 Å². The van der Waals surface area contributed by atoms with Gasteiger partial charge in [0.15, 0.2) is 0 Å². The van der Waals surface area contributed by atoms with Crippen LogP contribution in [0.1, 0.15) is 31.9 Å². The molecule has 2 N–H and O–H groups in total. The van der Waals surface area contributed by atoms with Crippen LogP contribution in [0.25, 0.3) is 0 Å². The smallest absolute Gasteiger partial charge is 0.0376 e. The number of hydrogen-bond acceptors (Lipinski definition) is 1. The largest absolute Gasteiger partial charge is 0.398 e. The SMILES string of the molecule is Cc1cccc(CC(C)(C)C)c1N. The highest BCUT2D eigenvalue weighted by Gasteiger charge is 2.13. The Labute approximate surface area is 81.0 Å². The van der Waals surface area contributed by atoms with Crippen LogP contribution in [-0.2, 0) is 6.42 Å². The zero-order chi connectivity index (χ0) is 10.1. The van der Waals surface area contributed by atoms with Crippen LogP contribution in [0.2, 0.25) is 0 Å². The van der Waals surface area contributed by atoms with E-state index < -0.39 is 0 Å². The molecule has 0 spiro atoms. The third kappa shape index (κ3) is 2.76. The van der Waals surface area contributed by atoms with E-state index in [-0.39, 0.29) is 0 Å². The van der Waals surface area contributed by atoms with E-state index in [1.165, 1.54) is 11.1 Å². The molecule has 0 unspecified atom stereocenters. The van der Waals surface area contributed by atoms with Gasteiger partial charge in [0.25, 0.3) is 0 Å². The minimum absolute atomic E-state index is 0.307. The summed E-state index contributed by atoms with van der Waals surface area (Å²) in [6, 6.07) is 6.25. The highest BCUT2D eigenvalue weighted by molar-refractivity contribution is 5.53. The highest BCUT2D eigenvalue weighted by Crippen LogP contribution is 2.25. The number of rotatable bonds is 1. The minimum atomic E-state index is 0.307. The second kappa shape index (κ2) is 3.41. The number of aryl methyl sites for hydroxylation is 1. The van der Waals surface area contributed by atoms with Gasteiger partial charge in [-0.05, 0) is 29.9 Å². The Kier molecular flexibility index (Phi) is 2.65. The van der Waals surface area contributed by atoms with Crippen molar-refractivity contribution in [3.05, 3.63) is 29.3 Å². The van der Waals surface area contributed by atoms with E-state index in [0.29, 0.717) is 5.41 Å². The number of nitrogens with two attached hydrogens (primary N) is 1. The van der Waals surface area contributed by atoms with Crippen LogP contribution >= 0.6 is 0 Å². The van der Waals surface area contributed by atoms with Gasteiger partial charge in [-0.3, -0.25) is 0 Å². The highest BCUT2D eigenvalue weighted by atomic mass is 14.6. The zero-order valence-corrected chi connectivity index (χ0v) is 9.02. The van der Waals surface area contributed by atoms with E-state index in [1.54, 1.807) is 0 Å². The summed E-state index contributed by atoms with van der Waals surface area (Å²) in [5.74, 6) is 0. The molecule has 0 fully saturated rings. The first kappa shape index (κ1) is 10.1. The minimum Gasteiger partial charge on any atom is -0.398 e. The number of nitrogen functional groups attached to an aromatic ring is 1. The molecule has 0 aliphatic rings. The molecule has 0 saturated carbocycles. The molecule has 0 radical (unpaired) electrons. The van der Waals surface area contributed by atoms with E-state index in [9.17, 15) is 0 Å². The maximum Gasteiger partial charge on any atom is 0.0376 e. The number of hydrogen-bond donors (Lipinski definition) is 1. The zero-order valence-electron chi connectivity index (χ0n) is 9.02. The second-order valence-electron chi connectivity index (χ2n) is 4.89. The standard InChI is InChI=1S/C12H19N/c1-9-6-5-7-10(11(9)13)8-12(2,3)4/h5-7H,8,13H2,1-4H3. The van der Waals surface area contributed by atoms with Gasteiger partial charge in [0, 0.05) is 5.69 Å². The molecule has 0 aliphatic heterocycles. The van der Waals surface area contributed by atoms with Crippen LogP contribution in [-0.4, -0.2) is 0 Å². The Morgan fingerprint density at radius 2 is 1.85 bits per heavy atom. The molecule has 0 atom stereocenters. The summed E-state index contributed by atoms with van der Waals surface area (Å²) >= 11 is 0. The third-order valence-electron chi connectivity index (χ3n) is 2.14. The van der Waals surface area contributed by atoms with E-state index in [0.717, 1.165) is 12.1 Å². The van der Waals surface area contributed by atoms with Crippen molar-refractivity contribution in [3.8, 4) is 0 Å². The van der Waals surface area contributed by atoms with Gasteiger partial charge in [-0.15, -0.1) is 0 Å². The first-order valence-electron chi connectivity index (χ1n) is 4.74. The summed E-state index contributed by atoms with van der Waals surface area (Å²) in [4.78, 5) is 0. The normalized spacial score (nSPS) is 11.7. The molecule has 72 valence electrons. The van der Waals surface area contributed by atoms with Gasteiger partial charge in [-0.1, -0.05) is 39.0 Å². The van der Waals surface area contributed by atoms with Crippen LogP contribution in [0.15, 0.2) is 18.2 Å². The molecule has 0 aliphatic carbocycles.